The summed E-state index contributed by atoms with van der Waals surface area (Å²) in [5, 5.41) is 0. The summed E-state index contributed by atoms with van der Waals surface area (Å²) in [7, 11) is 0. The van der Waals surface area contributed by atoms with Gasteiger partial charge >= 0.3 is 0 Å². The van der Waals surface area contributed by atoms with Crippen LogP contribution in [-0.2, 0) is 38.0 Å². The second-order valence-corrected chi connectivity index (χ2v) is 22.3. The number of carbonyl (C=O) groups is 2. The number of benzene rings is 2. The summed E-state index contributed by atoms with van der Waals surface area (Å²) in [6.07, 6.45) is 12.1. The molecule has 16 rings (SSSR count). The summed E-state index contributed by atoms with van der Waals surface area (Å²) in [6, 6.07) is 21.6. The molecule has 12 fully saturated rings. The smallest absolute Gasteiger partial charge is 0.162 e. The highest BCUT2D eigenvalue weighted by Crippen LogP contribution is 2.92. The van der Waals surface area contributed by atoms with Gasteiger partial charge in [-0.15, -0.1) is 0 Å². The van der Waals surface area contributed by atoms with Crippen LogP contribution in [0.4, 0.5) is 0 Å². The number of carbonyl (C=O) groups excluding carboxylic acids is 2. The zero-order valence-electron chi connectivity index (χ0n) is 33.8. The molecule has 60 heavy (non-hydrogen) atoms. The molecule has 2 aromatic rings. The van der Waals surface area contributed by atoms with E-state index in [4.69, 9.17) is 28.4 Å². The predicted octanol–water partition coefficient (Wildman–Crippen LogP) is 6.64. The van der Waals surface area contributed by atoms with E-state index in [-0.39, 0.29) is 70.5 Å². The minimum Gasteiger partial charge on any atom is -0.369 e. The van der Waals surface area contributed by atoms with Crippen LogP contribution in [0, 0.1) is 106 Å². The van der Waals surface area contributed by atoms with Gasteiger partial charge < -0.3 is 28.4 Å². The third kappa shape index (κ3) is 3.06. The second kappa shape index (κ2) is 10.5. The van der Waals surface area contributed by atoms with E-state index in [0.717, 1.165) is 12.8 Å². The van der Waals surface area contributed by atoms with Crippen LogP contribution in [0.25, 0.3) is 11.1 Å². The number of ketones is 2. The fraction of sp³-hybridized carbons (Fsp3) is 0.654. The highest BCUT2D eigenvalue weighted by molar-refractivity contribution is 5.99. The number of Topliss-reactive ketones (excluding diaryl/α,β-unsaturated/α-hetero) is 2. The van der Waals surface area contributed by atoms with Crippen LogP contribution in [0.2, 0.25) is 0 Å². The topological polar surface area (TPSA) is 89.5 Å². The lowest BCUT2D eigenvalue weighted by Crippen LogP contribution is -2.80. The molecular formula is C52H52O8. The van der Waals surface area contributed by atoms with Crippen molar-refractivity contribution < 1.29 is 38.0 Å². The molecular weight excluding hydrogens is 753 g/mol. The van der Waals surface area contributed by atoms with Gasteiger partial charge in [0.25, 0.3) is 0 Å². The quantitative estimate of drug-likeness (QED) is 0.341. The number of rotatable bonds is 4. The zero-order valence-corrected chi connectivity index (χ0v) is 33.8. The lowest BCUT2D eigenvalue weighted by atomic mass is 9.31. The van der Waals surface area contributed by atoms with Crippen LogP contribution in [0.5, 0.6) is 0 Å². The second-order valence-electron chi connectivity index (χ2n) is 22.3. The van der Waals surface area contributed by atoms with Crippen molar-refractivity contribution in [3.05, 3.63) is 83.9 Å². The summed E-state index contributed by atoms with van der Waals surface area (Å²) in [5.74, 6) is 7.53. The zero-order chi connectivity index (χ0) is 38.8. The van der Waals surface area contributed by atoms with Crippen molar-refractivity contribution in [3.63, 3.8) is 0 Å². The van der Waals surface area contributed by atoms with Crippen LogP contribution in [-0.4, -0.2) is 74.0 Å². The van der Waals surface area contributed by atoms with E-state index in [1.807, 2.05) is 0 Å². The highest BCUT2D eigenvalue weighted by Gasteiger charge is 2.98. The van der Waals surface area contributed by atoms with Crippen molar-refractivity contribution in [1.82, 2.24) is 0 Å². The minimum absolute atomic E-state index is 0.101. The Hall–Kier alpha value is -2.98. The molecule has 308 valence electrons. The van der Waals surface area contributed by atoms with Crippen molar-refractivity contribution in [3.8, 4) is 0 Å². The number of fused-ring (bicyclic) bond motifs is 16. The summed E-state index contributed by atoms with van der Waals surface area (Å²) < 4.78 is 39.1. The van der Waals surface area contributed by atoms with E-state index < -0.39 is 0 Å². The van der Waals surface area contributed by atoms with E-state index in [1.165, 1.54) is 48.0 Å². The molecule has 8 nitrogen and oxygen atoms in total. The molecule has 8 heteroatoms. The SMILES string of the molecule is O=C1[C@H]2[C@@H]3CC[C@@H]4[C@H]2O[C@@]25[C@@H]4[C@@H]3[C@@]12[C@H](C1OCCO1)[C@H]1C[C@@H]5C=C1c1ccccc1.O=C1[C@H]2[C@@H]3CC[C@@H]4[C@H]2O[C@@]25[C@@H]4[C@@H]3[C@@]12[C@H](C1OCCO1)[C@H]1C[C@@H]5C=C1c1ccccc1. The van der Waals surface area contributed by atoms with Gasteiger partial charge in [-0.1, -0.05) is 72.8 Å². The van der Waals surface area contributed by atoms with Gasteiger partial charge in [-0.05, 0) is 120 Å². The molecule has 8 saturated carbocycles. The molecule has 4 bridgehead atoms. The lowest BCUT2D eigenvalue weighted by Gasteiger charge is -2.72. The number of ether oxygens (including phenoxy) is 6. The van der Waals surface area contributed by atoms with Gasteiger partial charge in [0.15, 0.2) is 12.6 Å². The third-order valence-corrected chi connectivity index (χ3v) is 21.9. The Morgan fingerprint density at radius 3 is 1.28 bits per heavy atom. The molecule has 4 heterocycles. The maximum Gasteiger partial charge on any atom is 0.162 e. The van der Waals surface area contributed by atoms with Crippen molar-refractivity contribution in [2.24, 2.45) is 106 Å². The summed E-state index contributed by atoms with van der Waals surface area (Å²) in [4.78, 5) is 28.6. The van der Waals surface area contributed by atoms with Crippen molar-refractivity contribution in [2.75, 3.05) is 26.4 Å². The van der Waals surface area contributed by atoms with Crippen molar-refractivity contribution in [1.29, 1.82) is 0 Å². The molecule has 22 atom stereocenters. The Balaban J connectivity index is 0.000000107. The third-order valence-electron chi connectivity index (χ3n) is 21.9. The van der Waals surface area contributed by atoms with Gasteiger partial charge in [0.2, 0.25) is 0 Å². The van der Waals surface area contributed by atoms with Crippen LogP contribution in [0.3, 0.4) is 0 Å². The Bertz CT molecular complexity index is 2220. The van der Waals surface area contributed by atoms with E-state index in [2.05, 4.69) is 72.8 Å². The van der Waals surface area contributed by atoms with Gasteiger partial charge in [0.05, 0.1) is 60.7 Å². The van der Waals surface area contributed by atoms with Crippen LogP contribution in [0.15, 0.2) is 72.8 Å². The maximum atomic E-state index is 14.3. The summed E-state index contributed by atoms with van der Waals surface area (Å²) in [5.41, 5.74) is 4.15. The molecule has 14 aliphatic rings. The lowest BCUT2D eigenvalue weighted by molar-refractivity contribution is -0.323. The standard InChI is InChI=1S/2C26H26O4/c2*27-23-18-14-6-7-15-20-19(14)25(23)21(24-28-8-9-29-24)17-11-13(26(20,25)30-22(15)18)10-16(17)12-4-2-1-3-5-12/h2*1-5,10,13-15,17-22,24H,6-9,11H2/t2*13-,14-,15-,17-,18-,19+,20-,21-,22+,25+,26-/m00/s1. The Labute approximate surface area is 350 Å². The monoisotopic (exact) mass is 804 g/mol. The first-order chi connectivity index (χ1) is 29.6. The first-order valence-electron chi connectivity index (χ1n) is 24.0. The van der Waals surface area contributed by atoms with E-state index in [9.17, 15) is 9.59 Å². The molecule has 4 aliphatic heterocycles. The van der Waals surface area contributed by atoms with Gasteiger partial charge in [0.1, 0.15) is 11.6 Å². The average Bonchev–Trinajstić information content (AvgIpc) is 4.15. The Kier molecular flexibility index (Phi) is 5.88. The molecule has 10 aliphatic carbocycles. The molecule has 0 aromatic heterocycles. The number of hydrogen-bond acceptors (Lipinski definition) is 8. The minimum atomic E-state index is -0.367. The van der Waals surface area contributed by atoms with Gasteiger partial charge in [0, 0.05) is 35.5 Å². The highest BCUT2D eigenvalue weighted by atomic mass is 16.7. The maximum absolute atomic E-state index is 14.3. The van der Waals surface area contributed by atoms with Gasteiger partial charge in [-0.3, -0.25) is 9.59 Å². The molecule has 0 unspecified atom stereocenters. The predicted molar refractivity (Wildman–Crippen MR) is 214 cm³/mol. The molecule has 0 radical (unpaired) electrons. The molecule has 0 N–H and O–H groups in total. The van der Waals surface area contributed by atoms with Crippen LogP contribution >= 0.6 is 0 Å². The number of allylic oxidation sites excluding steroid dienone is 2. The van der Waals surface area contributed by atoms with E-state index in [1.54, 1.807) is 0 Å². The summed E-state index contributed by atoms with van der Waals surface area (Å²) in [6.45, 7) is 2.58. The van der Waals surface area contributed by atoms with Crippen molar-refractivity contribution in [2.45, 2.75) is 74.5 Å². The number of hydrogen-bond donors (Lipinski definition) is 0. The van der Waals surface area contributed by atoms with Crippen molar-refractivity contribution >= 4 is 22.7 Å². The Morgan fingerprint density at radius 2 is 0.867 bits per heavy atom. The van der Waals surface area contributed by atoms with Gasteiger partial charge in [-0.2, -0.15) is 0 Å². The van der Waals surface area contributed by atoms with Gasteiger partial charge in [-0.25, -0.2) is 0 Å². The fourth-order valence-electron chi connectivity index (χ4n) is 21.4. The molecule has 4 spiro atoms. The van der Waals surface area contributed by atoms with Crippen LogP contribution < -0.4 is 0 Å². The average molecular weight is 805 g/mol. The normalized spacial score (nSPS) is 58.3. The molecule has 2 aromatic carbocycles. The fourth-order valence-corrected chi connectivity index (χ4v) is 21.4. The largest absolute Gasteiger partial charge is 0.369 e. The van der Waals surface area contributed by atoms with E-state index >= 15 is 0 Å². The van der Waals surface area contributed by atoms with Crippen LogP contribution in [0.1, 0.15) is 49.7 Å². The van der Waals surface area contributed by atoms with E-state index in [0.29, 0.717) is 109 Å². The molecule has 0 amide bonds. The molecule has 4 saturated heterocycles. The first-order valence-corrected chi connectivity index (χ1v) is 24.0. The summed E-state index contributed by atoms with van der Waals surface area (Å²) >= 11 is 0. The first kappa shape index (κ1) is 33.6. The Morgan fingerprint density at radius 1 is 0.467 bits per heavy atom.